The van der Waals surface area contributed by atoms with Gasteiger partial charge in [0.15, 0.2) is 19.7 Å². The monoisotopic (exact) mass is 284 g/mol. The van der Waals surface area contributed by atoms with Crippen molar-refractivity contribution in [2.24, 2.45) is 5.84 Å². The van der Waals surface area contributed by atoms with Crippen LogP contribution >= 0.6 is 0 Å². The molecule has 17 heavy (non-hydrogen) atoms. The SMILES string of the molecule is CCCCS(=O)(=O)CC1CS(=O)(=O)CCN1N. The van der Waals surface area contributed by atoms with E-state index >= 15 is 0 Å². The van der Waals surface area contributed by atoms with Crippen molar-refractivity contribution in [1.29, 1.82) is 0 Å². The zero-order chi connectivity index (χ0) is 13.1. The lowest BCUT2D eigenvalue weighted by Gasteiger charge is -2.31. The molecule has 0 saturated carbocycles. The Bertz CT molecular complexity index is 444. The Morgan fingerprint density at radius 2 is 2.06 bits per heavy atom. The Hall–Kier alpha value is -0.180. The number of nitrogens with two attached hydrogens (primary N) is 1. The van der Waals surface area contributed by atoms with Crippen LogP contribution in [0.4, 0.5) is 0 Å². The lowest BCUT2D eigenvalue weighted by atomic mass is 10.3. The van der Waals surface area contributed by atoms with Crippen LogP contribution in [0, 0.1) is 0 Å². The molecule has 1 saturated heterocycles. The number of rotatable bonds is 5. The van der Waals surface area contributed by atoms with E-state index in [9.17, 15) is 16.8 Å². The van der Waals surface area contributed by atoms with Crippen molar-refractivity contribution < 1.29 is 16.8 Å². The minimum Gasteiger partial charge on any atom is -0.268 e. The first-order valence-corrected chi connectivity index (χ1v) is 9.32. The number of nitrogens with zero attached hydrogens (tertiary/aromatic N) is 1. The largest absolute Gasteiger partial charge is 0.268 e. The van der Waals surface area contributed by atoms with Gasteiger partial charge in [-0.2, -0.15) is 0 Å². The van der Waals surface area contributed by atoms with Gasteiger partial charge in [0.25, 0.3) is 0 Å². The standard InChI is InChI=1S/C9H20N2O4S2/c1-2-3-5-16(12,13)7-9-8-17(14,15)6-4-11(9)10/h9H,2-8,10H2,1H3. The number of unbranched alkanes of at least 4 members (excludes halogenated alkanes) is 1. The molecule has 1 fully saturated rings. The molecule has 1 rings (SSSR count). The van der Waals surface area contributed by atoms with Gasteiger partial charge in [-0.15, -0.1) is 0 Å². The van der Waals surface area contributed by atoms with E-state index in [1.165, 1.54) is 5.01 Å². The summed E-state index contributed by atoms with van der Waals surface area (Å²) < 4.78 is 46.3. The molecule has 0 spiro atoms. The summed E-state index contributed by atoms with van der Waals surface area (Å²) in [4.78, 5) is 0. The highest BCUT2D eigenvalue weighted by atomic mass is 32.2. The van der Waals surface area contributed by atoms with Crippen molar-refractivity contribution >= 4 is 19.7 Å². The van der Waals surface area contributed by atoms with Gasteiger partial charge < -0.3 is 0 Å². The predicted molar refractivity (Wildman–Crippen MR) is 66.9 cm³/mol. The van der Waals surface area contributed by atoms with Gasteiger partial charge in [0, 0.05) is 6.54 Å². The van der Waals surface area contributed by atoms with E-state index in [1.54, 1.807) is 0 Å². The summed E-state index contributed by atoms with van der Waals surface area (Å²) in [6.07, 6.45) is 1.40. The first kappa shape index (κ1) is 14.9. The molecule has 6 nitrogen and oxygen atoms in total. The van der Waals surface area contributed by atoms with Gasteiger partial charge in [0.1, 0.15) is 0 Å². The molecular formula is C9H20N2O4S2. The summed E-state index contributed by atoms with van der Waals surface area (Å²) in [5.41, 5.74) is 0. The van der Waals surface area contributed by atoms with Gasteiger partial charge in [-0.05, 0) is 6.42 Å². The molecule has 0 radical (unpaired) electrons. The molecule has 1 aliphatic rings. The van der Waals surface area contributed by atoms with Crippen LogP contribution in [0.5, 0.6) is 0 Å². The van der Waals surface area contributed by atoms with Crippen LogP contribution in [0.15, 0.2) is 0 Å². The second-order valence-electron chi connectivity index (χ2n) is 4.47. The Balaban J connectivity index is 2.66. The van der Waals surface area contributed by atoms with Crippen LogP contribution in [0.25, 0.3) is 0 Å². The second-order valence-corrected chi connectivity index (χ2v) is 8.93. The quantitative estimate of drug-likeness (QED) is 0.662. The molecule has 1 unspecified atom stereocenters. The topological polar surface area (TPSA) is 97.5 Å². The minimum absolute atomic E-state index is 0.00894. The highest BCUT2D eigenvalue weighted by Gasteiger charge is 2.32. The zero-order valence-corrected chi connectivity index (χ0v) is 11.6. The lowest BCUT2D eigenvalue weighted by molar-refractivity contribution is 0.235. The molecule has 1 atom stereocenters. The second kappa shape index (κ2) is 5.64. The van der Waals surface area contributed by atoms with Gasteiger partial charge in [-0.25, -0.2) is 21.8 Å². The van der Waals surface area contributed by atoms with Gasteiger partial charge >= 0.3 is 0 Å². The van der Waals surface area contributed by atoms with Crippen molar-refractivity contribution in [2.45, 2.75) is 25.8 Å². The molecular weight excluding hydrogens is 264 g/mol. The van der Waals surface area contributed by atoms with Crippen LogP contribution in [0.2, 0.25) is 0 Å². The summed E-state index contributed by atoms with van der Waals surface area (Å²) in [7, 11) is -6.36. The van der Waals surface area contributed by atoms with Gasteiger partial charge in [-0.1, -0.05) is 13.3 Å². The van der Waals surface area contributed by atoms with E-state index in [-0.39, 0.29) is 29.6 Å². The lowest BCUT2D eigenvalue weighted by Crippen LogP contribution is -2.54. The first-order valence-electron chi connectivity index (χ1n) is 5.68. The van der Waals surface area contributed by atoms with Crippen molar-refractivity contribution in [3.05, 3.63) is 0 Å². The van der Waals surface area contributed by atoms with Crippen LogP contribution in [-0.2, 0) is 19.7 Å². The number of hydrazine groups is 1. The van der Waals surface area contributed by atoms with Gasteiger partial charge in [0.05, 0.1) is 29.1 Å². The number of hydrogen-bond donors (Lipinski definition) is 1. The third-order valence-corrected chi connectivity index (χ3v) is 6.33. The van der Waals surface area contributed by atoms with Crippen molar-refractivity contribution in [3.8, 4) is 0 Å². The zero-order valence-electron chi connectivity index (χ0n) is 10.0. The van der Waals surface area contributed by atoms with Crippen LogP contribution in [-0.4, -0.2) is 57.4 Å². The fraction of sp³-hybridized carbons (Fsp3) is 1.00. The van der Waals surface area contributed by atoms with Crippen molar-refractivity contribution in [1.82, 2.24) is 5.01 Å². The minimum atomic E-state index is -3.21. The smallest absolute Gasteiger partial charge is 0.153 e. The fourth-order valence-corrected chi connectivity index (χ4v) is 5.27. The van der Waals surface area contributed by atoms with E-state index in [2.05, 4.69) is 0 Å². The van der Waals surface area contributed by atoms with E-state index in [1.807, 2.05) is 6.92 Å². The average Bonchev–Trinajstić information content (AvgIpc) is 2.20. The van der Waals surface area contributed by atoms with Crippen molar-refractivity contribution in [2.75, 3.05) is 29.6 Å². The van der Waals surface area contributed by atoms with Crippen LogP contribution < -0.4 is 5.84 Å². The molecule has 8 heteroatoms. The Kier molecular flexibility index (Phi) is 4.94. The normalized spacial score (nSPS) is 25.9. The highest BCUT2D eigenvalue weighted by Crippen LogP contribution is 2.11. The molecule has 0 bridgehead atoms. The molecule has 0 aromatic carbocycles. The molecule has 1 heterocycles. The Morgan fingerprint density at radius 1 is 1.41 bits per heavy atom. The molecule has 0 aliphatic carbocycles. The molecule has 2 N–H and O–H groups in total. The summed E-state index contributed by atoms with van der Waals surface area (Å²) in [6, 6.07) is -0.601. The maximum Gasteiger partial charge on any atom is 0.153 e. The van der Waals surface area contributed by atoms with E-state index in [0.29, 0.717) is 6.42 Å². The van der Waals surface area contributed by atoms with Gasteiger partial charge in [0.2, 0.25) is 0 Å². The third kappa shape index (κ3) is 4.90. The summed E-state index contributed by atoms with van der Waals surface area (Å²) >= 11 is 0. The first-order chi connectivity index (χ1) is 7.76. The molecule has 0 amide bonds. The fourth-order valence-electron chi connectivity index (χ4n) is 1.78. The summed E-state index contributed by atoms with van der Waals surface area (Å²) in [5, 5.41) is 1.34. The van der Waals surface area contributed by atoms with Crippen LogP contribution in [0.3, 0.4) is 0 Å². The van der Waals surface area contributed by atoms with E-state index < -0.39 is 25.7 Å². The number of sulfone groups is 2. The Morgan fingerprint density at radius 3 is 2.65 bits per heavy atom. The average molecular weight is 284 g/mol. The summed E-state index contributed by atoms with van der Waals surface area (Å²) in [6.45, 7) is 2.12. The van der Waals surface area contributed by atoms with Crippen molar-refractivity contribution in [3.63, 3.8) is 0 Å². The van der Waals surface area contributed by atoms with E-state index in [4.69, 9.17) is 5.84 Å². The predicted octanol–water partition coefficient (Wildman–Crippen LogP) is -0.826. The summed E-state index contributed by atoms with van der Waals surface area (Å²) in [5.74, 6) is 5.43. The maximum absolute atomic E-state index is 11.7. The molecule has 102 valence electrons. The number of hydrogen-bond acceptors (Lipinski definition) is 6. The Labute approximate surface area is 103 Å². The molecule has 0 aromatic rings. The molecule has 0 aromatic heterocycles. The van der Waals surface area contributed by atoms with E-state index in [0.717, 1.165) is 6.42 Å². The molecule has 1 aliphatic heterocycles. The van der Waals surface area contributed by atoms with Crippen LogP contribution in [0.1, 0.15) is 19.8 Å². The highest BCUT2D eigenvalue weighted by molar-refractivity contribution is 7.92. The third-order valence-electron chi connectivity index (χ3n) is 2.83. The van der Waals surface area contributed by atoms with Gasteiger partial charge in [-0.3, -0.25) is 5.84 Å². The maximum atomic E-state index is 11.7.